The van der Waals surface area contributed by atoms with Crippen molar-refractivity contribution in [3.8, 4) is 0 Å². The van der Waals surface area contributed by atoms with Crippen LogP contribution in [0.15, 0.2) is 30.3 Å². The van der Waals surface area contributed by atoms with Gasteiger partial charge in [-0.1, -0.05) is 29.8 Å². The van der Waals surface area contributed by atoms with Gasteiger partial charge in [0.2, 0.25) is 0 Å². The number of likely N-dealkylation sites (N-methyl/N-ethyl adjacent to an activating group) is 1. The molecule has 0 amide bonds. The van der Waals surface area contributed by atoms with Gasteiger partial charge < -0.3 is 5.32 Å². The molecule has 21 heavy (non-hydrogen) atoms. The highest BCUT2D eigenvalue weighted by molar-refractivity contribution is 7.19. The van der Waals surface area contributed by atoms with E-state index >= 15 is 0 Å². The number of nitrogens with one attached hydrogen (secondary N) is 1. The Balaban J connectivity index is 1.94. The van der Waals surface area contributed by atoms with Crippen LogP contribution in [0.5, 0.6) is 0 Å². The minimum Gasteiger partial charge on any atom is -0.312 e. The molecule has 0 saturated heterocycles. The number of halogens is 1. The van der Waals surface area contributed by atoms with Gasteiger partial charge in [0.1, 0.15) is 5.15 Å². The minimum atomic E-state index is 0.253. The summed E-state index contributed by atoms with van der Waals surface area (Å²) in [5.74, 6) is 0. The van der Waals surface area contributed by atoms with E-state index in [4.69, 9.17) is 11.6 Å². The van der Waals surface area contributed by atoms with Gasteiger partial charge in [-0.3, -0.25) is 4.68 Å². The van der Waals surface area contributed by atoms with E-state index in [-0.39, 0.29) is 6.04 Å². The zero-order chi connectivity index (χ0) is 15.0. The van der Waals surface area contributed by atoms with E-state index < -0.39 is 0 Å². The molecule has 1 aromatic carbocycles. The van der Waals surface area contributed by atoms with Crippen molar-refractivity contribution < 1.29 is 0 Å². The Morgan fingerprint density at radius 2 is 2.14 bits per heavy atom. The molecule has 0 radical (unpaired) electrons. The number of rotatable bonds is 4. The Hall–Kier alpha value is -1.36. The molecule has 5 heteroatoms. The van der Waals surface area contributed by atoms with Crippen molar-refractivity contribution in [3.63, 3.8) is 0 Å². The maximum atomic E-state index is 6.36. The van der Waals surface area contributed by atoms with Crippen molar-refractivity contribution >= 4 is 33.0 Å². The molecule has 1 N–H and O–H groups in total. The third-order valence-electron chi connectivity index (χ3n) is 3.81. The number of nitrogens with zero attached hydrogens (tertiary/aromatic N) is 2. The van der Waals surface area contributed by atoms with Gasteiger partial charge in [0.25, 0.3) is 0 Å². The van der Waals surface area contributed by atoms with Crippen LogP contribution >= 0.6 is 22.9 Å². The van der Waals surface area contributed by atoms with Crippen molar-refractivity contribution in [2.24, 2.45) is 7.05 Å². The zero-order valence-corrected chi connectivity index (χ0v) is 13.9. The van der Waals surface area contributed by atoms with E-state index in [9.17, 15) is 0 Å². The molecule has 3 nitrogen and oxygen atoms in total. The van der Waals surface area contributed by atoms with E-state index in [1.807, 2.05) is 32.4 Å². The number of hydrogen-bond acceptors (Lipinski definition) is 3. The van der Waals surface area contributed by atoms with Crippen molar-refractivity contribution in [1.82, 2.24) is 15.1 Å². The molecule has 1 unspecified atom stereocenters. The first-order chi connectivity index (χ1) is 10.1. The average molecular weight is 320 g/mol. The summed E-state index contributed by atoms with van der Waals surface area (Å²) >= 11 is 8.19. The highest BCUT2D eigenvalue weighted by Gasteiger charge is 2.19. The second-order valence-corrected chi connectivity index (χ2v) is 6.68. The van der Waals surface area contributed by atoms with Crippen LogP contribution in [0.1, 0.15) is 22.2 Å². The first-order valence-electron chi connectivity index (χ1n) is 6.94. The normalized spacial score (nSPS) is 13.0. The Kier molecular flexibility index (Phi) is 4.02. The van der Waals surface area contributed by atoms with Crippen LogP contribution in [0.25, 0.3) is 10.1 Å². The molecule has 110 valence electrons. The van der Waals surface area contributed by atoms with E-state index in [1.54, 1.807) is 4.68 Å². The van der Waals surface area contributed by atoms with E-state index in [0.29, 0.717) is 0 Å². The number of benzene rings is 1. The lowest BCUT2D eigenvalue weighted by Gasteiger charge is -2.14. The summed E-state index contributed by atoms with van der Waals surface area (Å²) in [5.41, 5.74) is 2.12. The molecule has 2 heterocycles. The van der Waals surface area contributed by atoms with Crippen LogP contribution in [-0.4, -0.2) is 16.8 Å². The number of aryl methyl sites for hydroxylation is 2. The Morgan fingerprint density at radius 3 is 2.76 bits per heavy atom. The largest absolute Gasteiger partial charge is 0.312 e. The molecule has 3 aromatic rings. The standard InChI is InChI=1S/C16H18ClN3S/c1-10-12(16(17)20(3)19-10)9-13(18-2)15-8-11-6-4-5-7-14(11)21-15/h4-8,13,18H,9H2,1-3H3. The molecule has 0 aliphatic rings. The predicted octanol–water partition coefficient (Wildman–Crippen LogP) is 4.10. The van der Waals surface area contributed by atoms with Crippen molar-refractivity contribution in [3.05, 3.63) is 51.6 Å². The fourth-order valence-electron chi connectivity index (χ4n) is 2.63. The Morgan fingerprint density at radius 1 is 1.38 bits per heavy atom. The third-order valence-corrected chi connectivity index (χ3v) is 5.52. The third kappa shape index (κ3) is 2.71. The van der Waals surface area contributed by atoms with Crippen LogP contribution in [-0.2, 0) is 13.5 Å². The van der Waals surface area contributed by atoms with Crippen LogP contribution in [0, 0.1) is 6.92 Å². The Bertz CT molecular complexity index is 742. The minimum absolute atomic E-state index is 0.253. The first kappa shape index (κ1) is 14.6. The molecule has 0 spiro atoms. The molecule has 2 aromatic heterocycles. The molecule has 0 fully saturated rings. The maximum Gasteiger partial charge on any atom is 0.130 e. The fraction of sp³-hybridized carbons (Fsp3) is 0.312. The second kappa shape index (κ2) is 5.79. The van der Waals surface area contributed by atoms with Gasteiger partial charge in [-0.05, 0) is 37.9 Å². The smallest absolute Gasteiger partial charge is 0.130 e. The number of aromatic nitrogens is 2. The lowest BCUT2D eigenvalue weighted by Crippen LogP contribution is -2.18. The van der Waals surface area contributed by atoms with Gasteiger partial charge in [0.15, 0.2) is 0 Å². The summed E-state index contributed by atoms with van der Waals surface area (Å²) in [4.78, 5) is 1.33. The molecule has 0 bridgehead atoms. The number of hydrogen-bond donors (Lipinski definition) is 1. The highest BCUT2D eigenvalue weighted by atomic mass is 35.5. The van der Waals surface area contributed by atoms with E-state index in [0.717, 1.165) is 22.8 Å². The summed E-state index contributed by atoms with van der Waals surface area (Å²) in [5, 5.41) is 9.83. The Labute approximate surface area is 133 Å². The highest BCUT2D eigenvalue weighted by Crippen LogP contribution is 2.33. The summed E-state index contributed by atoms with van der Waals surface area (Å²) in [7, 11) is 3.88. The van der Waals surface area contributed by atoms with Gasteiger partial charge in [-0.2, -0.15) is 5.10 Å². The van der Waals surface area contributed by atoms with Crippen LogP contribution in [0.3, 0.4) is 0 Å². The van der Waals surface area contributed by atoms with Crippen LogP contribution < -0.4 is 5.32 Å². The zero-order valence-electron chi connectivity index (χ0n) is 12.4. The molecule has 0 aliphatic heterocycles. The maximum absolute atomic E-state index is 6.36. The van der Waals surface area contributed by atoms with Gasteiger partial charge in [-0.15, -0.1) is 11.3 Å². The SMILES string of the molecule is CNC(Cc1c(C)nn(C)c1Cl)c1cc2ccccc2s1. The lowest BCUT2D eigenvalue weighted by atomic mass is 10.1. The van der Waals surface area contributed by atoms with Crippen molar-refractivity contribution in [1.29, 1.82) is 0 Å². The summed E-state index contributed by atoms with van der Waals surface area (Å²) < 4.78 is 3.06. The van der Waals surface area contributed by atoms with Crippen LogP contribution in [0.4, 0.5) is 0 Å². The fourth-order valence-corrected chi connectivity index (χ4v) is 4.06. The predicted molar refractivity (Wildman–Crippen MR) is 90.3 cm³/mol. The summed E-state index contributed by atoms with van der Waals surface area (Å²) in [6.07, 6.45) is 0.849. The molecule has 0 saturated carbocycles. The van der Waals surface area contributed by atoms with Gasteiger partial charge in [-0.25, -0.2) is 0 Å². The lowest BCUT2D eigenvalue weighted by molar-refractivity contribution is 0.601. The van der Waals surface area contributed by atoms with E-state index in [2.05, 4.69) is 40.7 Å². The molecule has 1 atom stereocenters. The van der Waals surface area contributed by atoms with Gasteiger partial charge in [0, 0.05) is 28.2 Å². The van der Waals surface area contributed by atoms with E-state index in [1.165, 1.54) is 15.0 Å². The monoisotopic (exact) mass is 319 g/mol. The summed E-state index contributed by atoms with van der Waals surface area (Å²) in [6, 6.07) is 11.0. The average Bonchev–Trinajstić information content (AvgIpc) is 3.00. The molecular formula is C16H18ClN3S. The van der Waals surface area contributed by atoms with Gasteiger partial charge in [0.05, 0.1) is 5.69 Å². The second-order valence-electron chi connectivity index (χ2n) is 5.21. The molecular weight excluding hydrogens is 302 g/mol. The number of thiophene rings is 1. The first-order valence-corrected chi connectivity index (χ1v) is 8.13. The van der Waals surface area contributed by atoms with Crippen LogP contribution in [0.2, 0.25) is 5.15 Å². The van der Waals surface area contributed by atoms with Crippen molar-refractivity contribution in [2.45, 2.75) is 19.4 Å². The molecule has 3 rings (SSSR count). The number of fused-ring (bicyclic) bond motifs is 1. The quantitative estimate of drug-likeness (QED) is 0.784. The van der Waals surface area contributed by atoms with Crippen molar-refractivity contribution in [2.75, 3.05) is 7.05 Å². The summed E-state index contributed by atoms with van der Waals surface area (Å²) in [6.45, 7) is 2.01. The molecule has 0 aliphatic carbocycles. The topological polar surface area (TPSA) is 29.9 Å². The van der Waals surface area contributed by atoms with Gasteiger partial charge >= 0.3 is 0 Å².